The molecule has 2 aromatic carbocycles. The number of rotatable bonds is 7. The van der Waals surface area contributed by atoms with Crippen LogP contribution in [0.3, 0.4) is 0 Å². The molecular weight excluding hydrogens is 421 g/mol. The third kappa shape index (κ3) is 5.42. The summed E-state index contributed by atoms with van der Waals surface area (Å²) in [5.74, 6) is 1.11. The Labute approximate surface area is 186 Å². The average molecular weight is 444 g/mol. The van der Waals surface area contributed by atoms with Crippen LogP contribution in [-0.2, 0) is 17.8 Å². The number of aryl methyl sites for hydroxylation is 1. The molecule has 1 aromatic heterocycles. The van der Waals surface area contributed by atoms with Crippen molar-refractivity contribution >= 4 is 29.1 Å². The quantitative estimate of drug-likeness (QED) is 0.559. The molecule has 0 spiro atoms. The fourth-order valence-corrected chi connectivity index (χ4v) is 4.20. The molecule has 1 aliphatic heterocycles. The number of hydrogen-bond donors (Lipinski definition) is 1. The van der Waals surface area contributed by atoms with Gasteiger partial charge in [0.1, 0.15) is 0 Å². The number of aromatic nitrogens is 1. The molecule has 0 radical (unpaired) electrons. The molecule has 2 heterocycles. The lowest BCUT2D eigenvalue weighted by Crippen LogP contribution is -2.37. The smallest absolute Gasteiger partial charge is 0.220 e. The molecule has 0 aliphatic carbocycles. The van der Waals surface area contributed by atoms with Crippen LogP contribution < -0.4 is 5.32 Å². The molecule has 1 saturated heterocycles. The molecule has 5 nitrogen and oxygen atoms in total. The molecule has 0 unspecified atom stereocenters. The van der Waals surface area contributed by atoms with Crippen LogP contribution in [0.4, 0.5) is 0 Å². The Morgan fingerprint density at radius 1 is 1.20 bits per heavy atom. The second-order valence-electron chi connectivity index (χ2n) is 7.52. The van der Waals surface area contributed by atoms with E-state index in [2.05, 4.69) is 39.5 Å². The van der Waals surface area contributed by atoms with Crippen molar-refractivity contribution in [3.8, 4) is 11.3 Å². The number of nitrogens with one attached hydrogen (secondary N) is 1. The SMILES string of the molecule is O=C(CCc1ncc(-c2ccc(Cl)cc2Cl)o1)N[C@H]1CCN(Cc2ccccc2)C1. The van der Waals surface area contributed by atoms with Crippen LogP contribution >= 0.6 is 23.2 Å². The number of oxazole rings is 1. The van der Waals surface area contributed by atoms with Crippen molar-refractivity contribution < 1.29 is 9.21 Å². The normalized spacial score (nSPS) is 16.7. The first-order chi connectivity index (χ1) is 14.6. The van der Waals surface area contributed by atoms with Crippen LogP contribution in [0.1, 0.15) is 24.3 Å². The van der Waals surface area contributed by atoms with E-state index >= 15 is 0 Å². The lowest BCUT2D eigenvalue weighted by molar-refractivity contribution is -0.121. The van der Waals surface area contributed by atoms with Crippen LogP contribution in [0.25, 0.3) is 11.3 Å². The van der Waals surface area contributed by atoms with Crippen molar-refractivity contribution in [1.29, 1.82) is 0 Å². The lowest BCUT2D eigenvalue weighted by atomic mass is 10.2. The number of benzene rings is 2. The van der Waals surface area contributed by atoms with E-state index in [1.165, 1.54) is 5.56 Å². The number of hydrogen-bond acceptors (Lipinski definition) is 4. The van der Waals surface area contributed by atoms with Gasteiger partial charge in [-0.05, 0) is 30.2 Å². The van der Waals surface area contributed by atoms with Gasteiger partial charge in [-0.1, -0.05) is 53.5 Å². The first kappa shape index (κ1) is 20.9. The summed E-state index contributed by atoms with van der Waals surface area (Å²) in [6.07, 6.45) is 3.37. The van der Waals surface area contributed by atoms with Crippen LogP contribution in [0.5, 0.6) is 0 Å². The summed E-state index contributed by atoms with van der Waals surface area (Å²) in [4.78, 5) is 19.0. The van der Waals surface area contributed by atoms with E-state index < -0.39 is 0 Å². The Kier molecular flexibility index (Phi) is 6.72. The van der Waals surface area contributed by atoms with E-state index in [-0.39, 0.29) is 11.9 Å². The van der Waals surface area contributed by atoms with E-state index in [4.69, 9.17) is 27.6 Å². The van der Waals surface area contributed by atoms with Gasteiger partial charge in [0.2, 0.25) is 5.91 Å². The molecule has 4 rings (SSSR count). The molecule has 7 heteroatoms. The van der Waals surface area contributed by atoms with Crippen LogP contribution in [0, 0.1) is 0 Å². The zero-order chi connectivity index (χ0) is 20.9. The molecule has 0 bridgehead atoms. The minimum absolute atomic E-state index is 0.0193. The van der Waals surface area contributed by atoms with Gasteiger partial charge in [-0.25, -0.2) is 4.98 Å². The average Bonchev–Trinajstić information content (AvgIpc) is 3.37. The molecule has 1 aliphatic rings. The van der Waals surface area contributed by atoms with Gasteiger partial charge in [-0.3, -0.25) is 9.69 Å². The predicted molar refractivity (Wildman–Crippen MR) is 119 cm³/mol. The number of nitrogens with zero attached hydrogens (tertiary/aromatic N) is 2. The fourth-order valence-electron chi connectivity index (χ4n) is 3.70. The number of amides is 1. The van der Waals surface area contributed by atoms with Crippen molar-refractivity contribution in [2.75, 3.05) is 13.1 Å². The van der Waals surface area contributed by atoms with Gasteiger partial charge in [0.25, 0.3) is 0 Å². The Hall–Kier alpha value is -2.34. The Balaban J connectivity index is 1.24. The maximum Gasteiger partial charge on any atom is 0.220 e. The third-order valence-corrected chi connectivity index (χ3v) is 5.75. The zero-order valence-corrected chi connectivity index (χ0v) is 18.0. The van der Waals surface area contributed by atoms with E-state index in [1.807, 2.05) is 6.07 Å². The maximum atomic E-state index is 12.4. The summed E-state index contributed by atoms with van der Waals surface area (Å²) in [5, 5.41) is 4.20. The minimum Gasteiger partial charge on any atom is -0.441 e. The lowest BCUT2D eigenvalue weighted by Gasteiger charge is -2.16. The van der Waals surface area contributed by atoms with Crippen molar-refractivity contribution in [2.45, 2.75) is 31.8 Å². The maximum absolute atomic E-state index is 12.4. The molecule has 3 aromatic rings. The highest BCUT2D eigenvalue weighted by molar-refractivity contribution is 6.36. The summed E-state index contributed by atoms with van der Waals surface area (Å²) in [5.41, 5.74) is 2.03. The molecule has 1 amide bonds. The van der Waals surface area contributed by atoms with E-state index in [0.717, 1.165) is 31.6 Å². The highest BCUT2D eigenvalue weighted by Crippen LogP contribution is 2.30. The van der Waals surface area contributed by atoms with E-state index in [9.17, 15) is 4.79 Å². The van der Waals surface area contributed by atoms with E-state index in [1.54, 1.807) is 24.4 Å². The van der Waals surface area contributed by atoms with Crippen LogP contribution in [0.15, 0.2) is 59.1 Å². The molecule has 30 heavy (non-hydrogen) atoms. The molecule has 156 valence electrons. The van der Waals surface area contributed by atoms with Crippen molar-refractivity contribution in [3.63, 3.8) is 0 Å². The number of carbonyl (C=O) groups is 1. The predicted octanol–water partition coefficient (Wildman–Crippen LogP) is 4.97. The highest BCUT2D eigenvalue weighted by atomic mass is 35.5. The minimum atomic E-state index is 0.0193. The summed E-state index contributed by atoms with van der Waals surface area (Å²) < 4.78 is 5.77. The largest absolute Gasteiger partial charge is 0.441 e. The Morgan fingerprint density at radius 2 is 2.03 bits per heavy atom. The zero-order valence-electron chi connectivity index (χ0n) is 16.5. The summed E-state index contributed by atoms with van der Waals surface area (Å²) in [6, 6.07) is 15.8. The monoisotopic (exact) mass is 443 g/mol. The van der Waals surface area contributed by atoms with Gasteiger partial charge in [0.15, 0.2) is 11.7 Å². The second-order valence-corrected chi connectivity index (χ2v) is 8.36. The van der Waals surface area contributed by atoms with Gasteiger partial charge in [-0.2, -0.15) is 0 Å². The van der Waals surface area contributed by atoms with Crippen LogP contribution in [0.2, 0.25) is 10.0 Å². The first-order valence-corrected chi connectivity index (χ1v) is 10.8. The van der Waals surface area contributed by atoms with Gasteiger partial charge in [-0.15, -0.1) is 0 Å². The first-order valence-electron chi connectivity index (χ1n) is 10.0. The Morgan fingerprint density at radius 3 is 2.83 bits per heavy atom. The molecular formula is C23H23Cl2N3O2. The third-order valence-electron chi connectivity index (χ3n) is 5.20. The fraction of sp³-hybridized carbons (Fsp3) is 0.304. The molecule has 1 atom stereocenters. The number of carbonyl (C=O) groups excluding carboxylic acids is 1. The number of halogens is 2. The summed E-state index contributed by atoms with van der Waals surface area (Å²) in [7, 11) is 0. The topological polar surface area (TPSA) is 58.4 Å². The summed E-state index contributed by atoms with van der Waals surface area (Å²) >= 11 is 12.2. The standard InChI is InChI=1S/C23H23Cl2N3O2/c24-17-6-7-19(20(25)12-17)21-13-26-23(30-21)9-8-22(29)27-18-10-11-28(15-18)14-16-4-2-1-3-5-16/h1-7,12-13,18H,8-11,14-15H2,(H,27,29)/t18-/m0/s1. The molecule has 1 N–H and O–H groups in total. The van der Waals surface area contributed by atoms with Gasteiger partial charge in [0, 0.05) is 49.1 Å². The Bertz CT molecular complexity index is 1010. The highest BCUT2D eigenvalue weighted by Gasteiger charge is 2.24. The second kappa shape index (κ2) is 9.65. The van der Waals surface area contributed by atoms with Crippen LogP contribution in [-0.4, -0.2) is 34.9 Å². The van der Waals surface area contributed by atoms with Gasteiger partial charge >= 0.3 is 0 Å². The molecule has 1 fully saturated rings. The molecule has 0 saturated carbocycles. The summed E-state index contributed by atoms with van der Waals surface area (Å²) in [6.45, 7) is 2.78. The number of likely N-dealkylation sites (tertiary alicyclic amines) is 1. The van der Waals surface area contributed by atoms with E-state index in [0.29, 0.717) is 34.5 Å². The van der Waals surface area contributed by atoms with Crippen molar-refractivity contribution in [3.05, 3.63) is 76.2 Å². The van der Waals surface area contributed by atoms with Crippen molar-refractivity contribution in [1.82, 2.24) is 15.2 Å². The van der Waals surface area contributed by atoms with Crippen molar-refractivity contribution in [2.24, 2.45) is 0 Å². The van der Waals surface area contributed by atoms with Gasteiger partial charge < -0.3 is 9.73 Å². The van der Waals surface area contributed by atoms with Gasteiger partial charge in [0.05, 0.1) is 11.2 Å².